The Bertz CT molecular complexity index is 576. The van der Waals surface area contributed by atoms with E-state index in [2.05, 4.69) is 15.4 Å². The highest BCUT2D eigenvalue weighted by molar-refractivity contribution is 7.14. The average Bonchev–Trinajstić information content (AvgIpc) is 2.92. The molecule has 19 heavy (non-hydrogen) atoms. The number of aryl methyl sites for hydroxylation is 2. The molecule has 0 spiro atoms. The van der Waals surface area contributed by atoms with Crippen LogP contribution >= 0.6 is 11.3 Å². The van der Waals surface area contributed by atoms with Crippen LogP contribution < -0.4 is 5.32 Å². The number of aromatic nitrogens is 3. The van der Waals surface area contributed by atoms with E-state index in [9.17, 15) is 4.79 Å². The standard InChI is InChI=1S/C12H16N4O2S/c1-8-9(5-10(19-8)12(17)18)6-13-4-3-11-14-7-16(2)15-11/h5,7,13H,3-4,6H2,1-2H3,(H,17,18). The Labute approximate surface area is 115 Å². The lowest BCUT2D eigenvalue weighted by molar-refractivity contribution is 0.0702. The number of rotatable bonds is 6. The SMILES string of the molecule is Cc1sc(C(=O)O)cc1CNCCc1ncn(C)n1. The van der Waals surface area contributed by atoms with Crippen LogP contribution in [0.5, 0.6) is 0 Å². The number of aromatic carboxylic acids is 1. The van der Waals surface area contributed by atoms with E-state index in [0.717, 1.165) is 29.2 Å². The van der Waals surface area contributed by atoms with E-state index in [-0.39, 0.29) is 0 Å². The van der Waals surface area contributed by atoms with E-state index in [1.54, 1.807) is 17.1 Å². The zero-order valence-corrected chi connectivity index (χ0v) is 11.7. The molecule has 0 amide bonds. The third-order valence-electron chi connectivity index (χ3n) is 2.72. The zero-order chi connectivity index (χ0) is 13.8. The largest absolute Gasteiger partial charge is 0.477 e. The topological polar surface area (TPSA) is 80.0 Å². The van der Waals surface area contributed by atoms with Crippen molar-refractivity contribution in [2.75, 3.05) is 6.54 Å². The first-order chi connectivity index (χ1) is 9.06. The average molecular weight is 280 g/mol. The Balaban J connectivity index is 1.81. The van der Waals surface area contributed by atoms with Crippen LogP contribution in [-0.2, 0) is 20.0 Å². The molecule has 2 heterocycles. The molecular formula is C12H16N4O2S. The fourth-order valence-corrected chi connectivity index (χ4v) is 2.60. The van der Waals surface area contributed by atoms with Crippen molar-refractivity contribution >= 4 is 17.3 Å². The van der Waals surface area contributed by atoms with Gasteiger partial charge in [0.05, 0.1) is 0 Å². The maximum Gasteiger partial charge on any atom is 0.345 e. The summed E-state index contributed by atoms with van der Waals surface area (Å²) in [7, 11) is 1.84. The van der Waals surface area contributed by atoms with Crippen molar-refractivity contribution in [3.8, 4) is 0 Å². The molecule has 0 aromatic carbocycles. The van der Waals surface area contributed by atoms with Crippen molar-refractivity contribution in [1.82, 2.24) is 20.1 Å². The van der Waals surface area contributed by atoms with E-state index in [4.69, 9.17) is 5.11 Å². The molecular weight excluding hydrogens is 264 g/mol. The van der Waals surface area contributed by atoms with Gasteiger partial charge < -0.3 is 10.4 Å². The van der Waals surface area contributed by atoms with Crippen LogP contribution in [0.25, 0.3) is 0 Å². The maximum atomic E-state index is 10.9. The highest BCUT2D eigenvalue weighted by atomic mass is 32.1. The minimum absolute atomic E-state index is 0.390. The van der Waals surface area contributed by atoms with Crippen molar-refractivity contribution in [2.45, 2.75) is 19.9 Å². The van der Waals surface area contributed by atoms with Crippen LogP contribution in [0, 0.1) is 6.92 Å². The first-order valence-corrected chi connectivity index (χ1v) is 6.75. The number of carboxylic acids is 1. The minimum Gasteiger partial charge on any atom is -0.477 e. The molecule has 2 rings (SSSR count). The molecule has 6 nitrogen and oxygen atoms in total. The van der Waals surface area contributed by atoms with Gasteiger partial charge in [-0.05, 0) is 18.6 Å². The summed E-state index contributed by atoms with van der Waals surface area (Å²) < 4.78 is 1.68. The van der Waals surface area contributed by atoms with E-state index in [0.29, 0.717) is 11.4 Å². The van der Waals surface area contributed by atoms with Crippen LogP contribution in [0.3, 0.4) is 0 Å². The number of nitrogens with one attached hydrogen (secondary N) is 1. The monoisotopic (exact) mass is 280 g/mol. The highest BCUT2D eigenvalue weighted by Crippen LogP contribution is 2.21. The van der Waals surface area contributed by atoms with E-state index in [1.165, 1.54) is 11.3 Å². The van der Waals surface area contributed by atoms with Crippen LogP contribution in [-0.4, -0.2) is 32.4 Å². The van der Waals surface area contributed by atoms with E-state index >= 15 is 0 Å². The number of carbonyl (C=O) groups is 1. The molecule has 7 heteroatoms. The molecule has 0 aliphatic rings. The van der Waals surface area contributed by atoms with Gasteiger partial charge in [0.2, 0.25) is 0 Å². The second kappa shape index (κ2) is 5.94. The lowest BCUT2D eigenvalue weighted by atomic mass is 10.2. The van der Waals surface area contributed by atoms with E-state index < -0.39 is 5.97 Å². The third kappa shape index (κ3) is 3.62. The summed E-state index contributed by atoms with van der Waals surface area (Å²) in [6, 6.07) is 1.73. The summed E-state index contributed by atoms with van der Waals surface area (Å²) in [4.78, 5) is 16.4. The van der Waals surface area contributed by atoms with Crippen LogP contribution in [0.1, 0.15) is 25.9 Å². The second-order valence-corrected chi connectivity index (χ2v) is 5.51. The molecule has 0 aliphatic heterocycles. The summed E-state index contributed by atoms with van der Waals surface area (Å²) in [5.74, 6) is -0.0553. The molecule has 2 N–H and O–H groups in total. The summed E-state index contributed by atoms with van der Waals surface area (Å²) >= 11 is 1.31. The summed E-state index contributed by atoms with van der Waals surface area (Å²) in [5.41, 5.74) is 1.04. The Kier molecular flexibility index (Phi) is 4.28. The van der Waals surface area contributed by atoms with Gasteiger partial charge in [-0.3, -0.25) is 4.68 Å². The fraction of sp³-hybridized carbons (Fsp3) is 0.417. The molecule has 2 aromatic rings. The van der Waals surface area contributed by atoms with Crippen LogP contribution in [0.4, 0.5) is 0 Å². The number of hydrogen-bond donors (Lipinski definition) is 2. The Morgan fingerprint density at radius 1 is 1.58 bits per heavy atom. The second-order valence-electron chi connectivity index (χ2n) is 4.26. The molecule has 0 saturated heterocycles. The Hall–Kier alpha value is -1.73. The van der Waals surface area contributed by atoms with Crippen molar-refractivity contribution in [2.24, 2.45) is 7.05 Å². The van der Waals surface area contributed by atoms with Gasteiger partial charge in [0.25, 0.3) is 0 Å². The smallest absolute Gasteiger partial charge is 0.345 e. The zero-order valence-electron chi connectivity index (χ0n) is 10.9. The number of carboxylic acid groups (broad SMARTS) is 1. The molecule has 0 atom stereocenters. The predicted molar refractivity (Wildman–Crippen MR) is 72.4 cm³/mol. The highest BCUT2D eigenvalue weighted by Gasteiger charge is 2.10. The Morgan fingerprint density at radius 3 is 2.95 bits per heavy atom. The fourth-order valence-electron chi connectivity index (χ4n) is 1.72. The van der Waals surface area contributed by atoms with Gasteiger partial charge in [-0.15, -0.1) is 11.3 Å². The molecule has 0 radical (unpaired) electrons. The molecule has 2 aromatic heterocycles. The minimum atomic E-state index is -0.864. The summed E-state index contributed by atoms with van der Waals surface area (Å²) in [6.45, 7) is 3.37. The van der Waals surface area contributed by atoms with Gasteiger partial charge in [-0.1, -0.05) is 0 Å². The van der Waals surface area contributed by atoms with Gasteiger partial charge in [-0.25, -0.2) is 9.78 Å². The third-order valence-corrected chi connectivity index (χ3v) is 3.80. The first kappa shape index (κ1) is 13.7. The maximum absolute atomic E-state index is 10.9. The molecule has 102 valence electrons. The normalized spacial score (nSPS) is 10.8. The lowest BCUT2D eigenvalue weighted by Crippen LogP contribution is -2.17. The van der Waals surface area contributed by atoms with Gasteiger partial charge in [0.15, 0.2) is 5.82 Å². The van der Waals surface area contributed by atoms with Crippen LogP contribution in [0.15, 0.2) is 12.4 Å². The summed E-state index contributed by atoms with van der Waals surface area (Å²) in [6.07, 6.45) is 2.44. The van der Waals surface area contributed by atoms with Crippen LogP contribution in [0.2, 0.25) is 0 Å². The number of nitrogens with zero attached hydrogens (tertiary/aromatic N) is 3. The van der Waals surface area contributed by atoms with Crippen molar-refractivity contribution < 1.29 is 9.90 Å². The number of hydrogen-bond acceptors (Lipinski definition) is 5. The molecule has 0 aliphatic carbocycles. The van der Waals surface area contributed by atoms with Gasteiger partial charge in [0.1, 0.15) is 11.2 Å². The number of thiophene rings is 1. The molecule has 0 saturated carbocycles. The molecule has 0 fully saturated rings. The Morgan fingerprint density at radius 2 is 2.37 bits per heavy atom. The van der Waals surface area contributed by atoms with Gasteiger partial charge in [0, 0.05) is 31.4 Å². The first-order valence-electron chi connectivity index (χ1n) is 5.94. The lowest BCUT2D eigenvalue weighted by Gasteiger charge is -2.02. The van der Waals surface area contributed by atoms with E-state index in [1.807, 2.05) is 14.0 Å². The summed E-state index contributed by atoms with van der Waals surface area (Å²) in [5, 5.41) is 16.4. The van der Waals surface area contributed by atoms with Gasteiger partial charge >= 0.3 is 5.97 Å². The van der Waals surface area contributed by atoms with Gasteiger partial charge in [-0.2, -0.15) is 5.10 Å². The predicted octanol–water partition coefficient (Wildman–Crippen LogP) is 1.22. The van der Waals surface area contributed by atoms with Crippen molar-refractivity contribution in [3.63, 3.8) is 0 Å². The van der Waals surface area contributed by atoms with Crippen molar-refractivity contribution in [3.05, 3.63) is 33.5 Å². The molecule has 0 bridgehead atoms. The van der Waals surface area contributed by atoms with Crippen molar-refractivity contribution in [1.29, 1.82) is 0 Å². The quantitative estimate of drug-likeness (QED) is 0.778. The molecule has 0 unspecified atom stereocenters.